The summed E-state index contributed by atoms with van der Waals surface area (Å²) in [5.74, 6) is -0.532. The molecule has 1 aromatic carbocycles. The largest absolute Gasteiger partial charge is 0.466 e. The molecule has 0 bridgehead atoms. The SMILES string of the molecule is CCOC(=O)Cc1cc(CBr)c(C#N)cc1[N+](=O)[O-]. The number of halogens is 1. The van der Waals surface area contributed by atoms with Gasteiger partial charge in [-0.3, -0.25) is 14.9 Å². The van der Waals surface area contributed by atoms with Crippen LogP contribution in [-0.4, -0.2) is 17.5 Å². The maximum absolute atomic E-state index is 11.4. The second kappa shape index (κ2) is 6.85. The van der Waals surface area contributed by atoms with Crippen LogP contribution in [0.25, 0.3) is 0 Å². The molecule has 6 nitrogen and oxygen atoms in total. The van der Waals surface area contributed by atoms with Gasteiger partial charge in [0.2, 0.25) is 0 Å². The summed E-state index contributed by atoms with van der Waals surface area (Å²) < 4.78 is 4.77. The Hall–Kier alpha value is -1.94. The average molecular weight is 327 g/mol. The van der Waals surface area contributed by atoms with Gasteiger partial charge in [-0.2, -0.15) is 5.26 Å². The molecule has 0 spiro atoms. The van der Waals surface area contributed by atoms with Gasteiger partial charge in [0, 0.05) is 17.0 Å². The van der Waals surface area contributed by atoms with Gasteiger partial charge < -0.3 is 4.74 Å². The summed E-state index contributed by atoms with van der Waals surface area (Å²) in [5, 5.41) is 20.3. The van der Waals surface area contributed by atoms with Gasteiger partial charge in [0.25, 0.3) is 5.69 Å². The summed E-state index contributed by atoms with van der Waals surface area (Å²) in [7, 11) is 0. The Bertz CT molecular complexity index is 551. The molecule has 0 saturated heterocycles. The highest BCUT2D eigenvalue weighted by molar-refractivity contribution is 9.08. The van der Waals surface area contributed by atoms with Gasteiger partial charge in [-0.05, 0) is 18.6 Å². The fourth-order valence-corrected chi connectivity index (χ4v) is 2.04. The van der Waals surface area contributed by atoms with Gasteiger partial charge in [-0.25, -0.2) is 0 Å². The van der Waals surface area contributed by atoms with E-state index < -0.39 is 10.9 Å². The quantitative estimate of drug-likeness (QED) is 0.358. The molecule has 0 amide bonds. The Labute approximate surface area is 118 Å². The maximum atomic E-state index is 11.4. The highest BCUT2D eigenvalue weighted by Crippen LogP contribution is 2.25. The number of hydrogen-bond acceptors (Lipinski definition) is 5. The van der Waals surface area contributed by atoms with Crippen LogP contribution >= 0.6 is 15.9 Å². The van der Waals surface area contributed by atoms with Gasteiger partial charge in [-0.15, -0.1) is 0 Å². The third-order valence-corrected chi connectivity index (χ3v) is 3.01. The first kappa shape index (κ1) is 15.1. The summed E-state index contributed by atoms with van der Waals surface area (Å²) in [6, 6.07) is 4.57. The Kier molecular flexibility index (Phi) is 5.45. The second-order valence-corrected chi connectivity index (χ2v) is 4.18. The van der Waals surface area contributed by atoms with Crippen LogP contribution in [0, 0.1) is 21.4 Å². The molecule has 100 valence electrons. The molecule has 0 saturated carbocycles. The lowest BCUT2D eigenvalue weighted by Gasteiger charge is -2.06. The van der Waals surface area contributed by atoms with Crippen molar-refractivity contribution in [3.05, 3.63) is 38.9 Å². The number of nitriles is 1. The van der Waals surface area contributed by atoms with E-state index in [4.69, 9.17) is 10.00 Å². The minimum Gasteiger partial charge on any atom is -0.466 e. The lowest BCUT2D eigenvalue weighted by Crippen LogP contribution is -2.10. The van der Waals surface area contributed by atoms with Crippen LogP contribution in [-0.2, 0) is 21.3 Å². The summed E-state index contributed by atoms with van der Waals surface area (Å²) in [6.45, 7) is 1.88. The van der Waals surface area contributed by atoms with Crippen molar-refractivity contribution in [2.75, 3.05) is 6.61 Å². The van der Waals surface area contributed by atoms with E-state index in [1.54, 1.807) is 6.92 Å². The Balaban J connectivity index is 3.24. The minimum atomic E-state index is -0.604. The molecule has 1 aromatic rings. The summed E-state index contributed by atoms with van der Waals surface area (Å²) in [5.41, 5.74) is 0.829. The molecule has 0 aromatic heterocycles. The van der Waals surface area contributed by atoms with Gasteiger partial charge in [0.1, 0.15) is 0 Å². The molecular weight excluding hydrogens is 316 g/mol. The van der Waals surface area contributed by atoms with E-state index in [9.17, 15) is 14.9 Å². The number of alkyl halides is 1. The van der Waals surface area contributed by atoms with Crippen LogP contribution in [0.1, 0.15) is 23.6 Å². The summed E-state index contributed by atoms with van der Waals surface area (Å²) in [4.78, 5) is 21.8. The van der Waals surface area contributed by atoms with E-state index >= 15 is 0 Å². The first-order chi connectivity index (χ1) is 9.03. The smallest absolute Gasteiger partial charge is 0.310 e. The fourth-order valence-electron chi connectivity index (χ4n) is 1.58. The summed E-state index contributed by atoms with van der Waals surface area (Å²) >= 11 is 3.20. The van der Waals surface area contributed by atoms with Crippen molar-refractivity contribution in [2.24, 2.45) is 0 Å². The Morgan fingerprint density at radius 2 is 2.21 bits per heavy atom. The van der Waals surface area contributed by atoms with Crippen LogP contribution in [0.3, 0.4) is 0 Å². The highest BCUT2D eigenvalue weighted by atomic mass is 79.9. The first-order valence-electron chi connectivity index (χ1n) is 5.45. The predicted molar refractivity (Wildman–Crippen MR) is 70.8 cm³/mol. The number of hydrogen-bond donors (Lipinski definition) is 0. The standard InChI is InChI=1S/C12H11BrN2O4/c1-2-19-12(16)5-8-3-9(6-13)10(7-14)4-11(8)15(17)18/h3-4H,2,5-6H2,1H3. The first-order valence-corrected chi connectivity index (χ1v) is 6.57. The van der Waals surface area contributed by atoms with Crippen molar-refractivity contribution in [3.63, 3.8) is 0 Å². The van der Waals surface area contributed by atoms with E-state index in [0.717, 1.165) is 0 Å². The maximum Gasteiger partial charge on any atom is 0.310 e. The zero-order valence-electron chi connectivity index (χ0n) is 10.2. The van der Waals surface area contributed by atoms with Gasteiger partial charge in [0.15, 0.2) is 0 Å². The zero-order chi connectivity index (χ0) is 14.4. The van der Waals surface area contributed by atoms with Crippen molar-refractivity contribution in [3.8, 4) is 6.07 Å². The van der Waals surface area contributed by atoms with Crippen LogP contribution in [0.4, 0.5) is 5.69 Å². The number of nitro groups is 1. The van der Waals surface area contributed by atoms with E-state index in [0.29, 0.717) is 10.9 Å². The third kappa shape index (κ3) is 3.76. The molecule has 1 rings (SSSR count). The predicted octanol–water partition coefficient (Wildman–Crippen LogP) is 2.47. The topological polar surface area (TPSA) is 93.2 Å². The molecular formula is C12H11BrN2O4. The highest BCUT2D eigenvalue weighted by Gasteiger charge is 2.20. The Morgan fingerprint density at radius 3 is 2.68 bits per heavy atom. The molecule has 0 radical (unpaired) electrons. The van der Waals surface area contributed by atoms with E-state index in [2.05, 4.69) is 15.9 Å². The molecule has 0 fully saturated rings. The van der Waals surface area contributed by atoms with Crippen molar-refractivity contribution in [2.45, 2.75) is 18.7 Å². The molecule has 0 aliphatic rings. The third-order valence-electron chi connectivity index (χ3n) is 2.41. The van der Waals surface area contributed by atoms with Crippen molar-refractivity contribution >= 4 is 27.6 Å². The number of nitro benzene ring substituents is 1. The van der Waals surface area contributed by atoms with Crippen LogP contribution in [0.5, 0.6) is 0 Å². The molecule has 0 N–H and O–H groups in total. The van der Waals surface area contributed by atoms with Gasteiger partial charge in [-0.1, -0.05) is 15.9 Å². The molecule has 0 heterocycles. The lowest BCUT2D eigenvalue weighted by atomic mass is 10.0. The number of carbonyl (C=O) groups excluding carboxylic acids is 1. The molecule has 0 atom stereocenters. The molecule has 7 heteroatoms. The Morgan fingerprint density at radius 1 is 1.53 bits per heavy atom. The summed E-state index contributed by atoms with van der Waals surface area (Å²) in [6.07, 6.45) is -0.185. The van der Waals surface area contributed by atoms with E-state index in [1.165, 1.54) is 12.1 Å². The molecule has 19 heavy (non-hydrogen) atoms. The minimum absolute atomic E-state index is 0.185. The van der Waals surface area contributed by atoms with Crippen LogP contribution in [0.15, 0.2) is 12.1 Å². The van der Waals surface area contributed by atoms with Crippen molar-refractivity contribution in [1.29, 1.82) is 5.26 Å². The number of esters is 1. The van der Waals surface area contributed by atoms with Gasteiger partial charge in [0.05, 0.1) is 29.6 Å². The fraction of sp³-hybridized carbons (Fsp3) is 0.333. The van der Waals surface area contributed by atoms with Gasteiger partial charge >= 0.3 is 5.97 Å². The van der Waals surface area contributed by atoms with Crippen LogP contribution < -0.4 is 0 Å². The molecule has 0 aliphatic heterocycles. The van der Waals surface area contributed by atoms with Crippen molar-refractivity contribution in [1.82, 2.24) is 0 Å². The second-order valence-electron chi connectivity index (χ2n) is 3.62. The number of ether oxygens (including phenoxy) is 1. The number of benzene rings is 1. The normalized spacial score (nSPS) is 9.74. The van der Waals surface area contributed by atoms with E-state index in [-0.39, 0.29) is 29.8 Å². The molecule has 0 unspecified atom stereocenters. The monoisotopic (exact) mass is 326 g/mol. The zero-order valence-corrected chi connectivity index (χ0v) is 11.8. The van der Waals surface area contributed by atoms with Crippen molar-refractivity contribution < 1.29 is 14.5 Å². The lowest BCUT2D eigenvalue weighted by molar-refractivity contribution is -0.385. The number of carbonyl (C=O) groups is 1. The number of nitrogens with zero attached hydrogens (tertiary/aromatic N) is 2. The number of rotatable bonds is 5. The molecule has 0 aliphatic carbocycles. The average Bonchev–Trinajstić information content (AvgIpc) is 2.38. The van der Waals surface area contributed by atoms with E-state index in [1.807, 2.05) is 6.07 Å². The van der Waals surface area contributed by atoms with Crippen LogP contribution in [0.2, 0.25) is 0 Å².